The van der Waals surface area contributed by atoms with Crippen LogP contribution in [0.5, 0.6) is 0 Å². The van der Waals surface area contributed by atoms with Crippen LogP contribution < -0.4 is 10.0 Å². The van der Waals surface area contributed by atoms with Crippen LogP contribution in [0.4, 0.5) is 0 Å². The largest absolute Gasteiger partial charge is 0.385 e. The van der Waals surface area contributed by atoms with Crippen molar-refractivity contribution in [3.63, 3.8) is 0 Å². The van der Waals surface area contributed by atoms with E-state index in [1.165, 1.54) is 7.05 Å². The third-order valence-corrected chi connectivity index (χ3v) is 6.18. The molecule has 2 N–H and O–H groups in total. The number of likely N-dealkylation sites (tertiary alicyclic amines) is 1. The summed E-state index contributed by atoms with van der Waals surface area (Å²) < 4.78 is 36.8. The van der Waals surface area contributed by atoms with E-state index in [1.54, 1.807) is 26.3 Å². The molecule has 0 aliphatic carbocycles. The number of sulfonamides is 1. The number of hydrogen-bond donors (Lipinski definition) is 2. The maximum atomic E-state index is 11.8. The van der Waals surface area contributed by atoms with Crippen molar-refractivity contribution in [2.45, 2.75) is 36.8 Å². The summed E-state index contributed by atoms with van der Waals surface area (Å²) in [5, 5.41) is 3.36. The average Bonchev–Trinajstić information content (AvgIpc) is 2.73. The molecule has 0 saturated carbocycles. The third-order valence-electron chi connectivity index (χ3n) is 4.75. The Labute approximate surface area is 191 Å². The summed E-state index contributed by atoms with van der Waals surface area (Å²) in [4.78, 5) is 6.87. The normalized spacial score (nSPS) is 15.8. The molecule has 0 spiro atoms. The van der Waals surface area contributed by atoms with E-state index in [9.17, 15) is 8.42 Å². The lowest BCUT2D eigenvalue weighted by Crippen LogP contribution is -2.46. The van der Waals surface area contributed by atoms with Crippen molar-refractivity contribution >= 4 is 40.0 Å². The topological polar surface area (TPSA) is 92.3 Å². The molecule has 1 aromatic rings. The zero-order valence-corrected chi connectivity index (χ0v) is 20.5. The van der Waals surface area contributed by atoms with Gasteiger partial charge in [-0.05, 0) is 44.0 Å². The molecule has 1 aromatic carbocycles. The number of benzene rings is 1. The maximum absolute atomic E-state index is 11.8. The molecular weight excluding hydrogens is 507 g/mol. The van der Waals surface area contributed by atoms with E-state index >= 15 is 0 Å². The molecule has 166 valence electrons. The SMILES string of the molecule is CN=C(NCc1ccc(S(=O)(=O)NC)cc1)N1CCC(OCCCOC)CC1.I. The van der Waals surface area contributed by atoms with Gasteiger partial charge >= 0.3 is 0 Å². The van der Waals surface area contributed by atoms with Crippen molar-refractivity contribution in [1.29, 1.82) is 0 Å². The van der Waals surface area contributed by atoms with Crippen molar-refractivity contribution in [2.75, 3.05) is 47.5 Å². The van der Waals surface area contributed by atoms with Crippen LogP contribution >= 0.6 is 24.0 Å². The highest BCUT2D eigenvalue weighted by Gasteiger charge is 2.21. The van der Waals surface area contributed by atoms with Crippen LogP contribution in [0.15, 0.2) is 34.2 Å². The molecule has 0 atom stereocenters. The monoisotopic (exact) mass is 540 g/mol. The fourth-order valence-corrected chi connectivity index (χ4v) is 3.84. The Morgan fingerprint density at radius 2 is 1.86 bits per heavy atom. The fraction of sp³-hybridized carbons (Fsp3) is 0.632. The minimum Gasteiger partial charge on any atom is -0.385 e. The molecule has 2 rings (SSSR count). The molecule has 10 heteroatoms. The van der Waals surface area contributed by atoms with Gasteiger partial charge in [0.1, 0.15) is 0 Å². The number of guanidine groups is 1. The van der Waals surface area contributed by atoms with Crippen molar-refractivity contribution < 1.29 is 17.9 Å². The number of hydrogen-bond acceptors (Lipinski definition) is 5. The van der Waals surface area contributed by atoms with Crippen LogP contribution in [-0.4, -0.2) is 72.9 Å². The lowest BCUT2D eigenvalue weighted by atomic mass is 10.1. The molecule has 0 unspecified atom stereocenters. The van der Waals surface area contributed by atoms with Gasteiger partial charge in [-0.2, -0.15) is 0 Å². The number of methoxy groups -OCH3 is 1. The molecule has 29 heavy (non-hydrogen) atoms. The first kappa shape index (κ1) is 26.1. The zero-order valence-electron chi connectivity index (χ0n) is 17.4. The average molecular weight is 540 g/mol. The van der Waals surface area contributed by atoms with Gasteiger partial charge < -0.3 is 19.7 Å². The van der Waals surface area contributed by atoms with Crippen LogP contribution in [0, 0.1) is 0 Å². The van der Waals surface area contributed by atoms with E-state index in [1.807, 2.05) is 12.1 Å². The van der Waals surface area contributed by atoms with Crippen molar-refractivity contribution in [3.05, 3.63) is 29.8 Å². The number of aliphatic imine (C=N–C) groups is 1. The lowest BCUT2D eigenvalue weighted by Gasteiger charge is -2.34. The second-order valence-electron chi connectivity index (χ2n) is 6.66. The van der Waals surface area contributed by atoms with Gasteiger partial charge in [-0.15, -0.1) is 24.0 Å². The minimum absolute atomic E-state index is 0. The van der Waals surface area contributed by atoms with E-state index in [4.69, 9.17) is 9.47 Å². The molecule has 1 fully saturated rings. The summed E-state index contributed by atoms with van der Waals surface area (Å²) in [6.45, 7) is 3.85. The zero-order chi connectivity index (χ0) is 20.4. The molecule has 0 radical (unpaired) electrons. The second kappa shape index (κ2) is 13.4. The van der Waals surface area contributed by atoms with Crippen molar-refractivity contribution in [2.24, 2.45) is 4.99 Å². The summed E-state index contributed by atoms with van der Waals surface area (Å²) in [5.41, 5.74) is 0.993. The molecule has 8 nitrogen and oxygen atoms in total. The highest BCUT2D eigenvalue weighted by Crippen LogP contribution is 2.15. The molecule has 0 aromatic heterocycles. The standard InChI is InChI=1S/C19H32N4O4S.HI/c1-20-19(23-11-9-17(10-12-23)27-14-4-13-26-3)22-15-16-5-7-18(8-6-16)28(24,25)21-2;/h5-8,17,21H,4,9-15H2,1-3H3,(H,20,22);1H. The van der Waals surface area contributed by atoms with E-state index in [-0.39, 0.29) is 28.9 Å². The quantitative estimate of drug-likeness (QED) is 0.215. The Morgan fingerprint density at radius 3 is 2.41 bits per heavy atom. The third kappa shape index (κ3) is 8.36. The van der Waals surface area contributed by atoms with Gasteiger partial charge in [0, 0.05) is 47.0 Å². The van der Waals surface area contributed by atoms with E-state index in [0.717, 1.165) is 57.1 Å². The van der Waals surface area contributed by atoms with Crippen molar-refractivity contribution in [3.8, 4) is 0 Å². The number of piperidine rings is 1. The predicted molar refractivity (Wildman–Crippen MR) is 125 cm³/mol. The highest BCUT2D eigenvalue weighted by molar-refractivity contribution is 14.0. The van der Waals surface area contributed by atoms with Crippen LogP contribution in [0.1, 0.15) is 24.8 Å². The maximum Gasteiger partial charge on any atom is 0.240 e. The first-order valence-corrected chi connectivity index (χ1v) is 11.1. The van der Waals surface area contributed by atoms with Crippen LogP contribution in [0.2, 0.25) is 0 Å². The first-order chi connectivity index (χ1) is 13.5. The Bertz CT molecular complexity index is 720. The van der Waals surface area contributed by atoms with Gasteiger partial charge in [0.05, 0.1) is 11.0 Å². The fourth-order valence-electron chi connectivity index (χ4n) is 3.11. The summed E-state index contributed by atoms with van der Waals surface area (Å²) in [6, 6.07) is 6.84. The Hall–Kier alpha value is -0.950. The van der Waals surface area contributed by atoms with Gasteiger partial charge in [-0.1, -0.05) is 12.1 Å². The molecule has 0 bridgehead atoms. The van der Waals surface area contributed by atoms with E-state index < -0.39 is 10.0 Å². The molecule has 1 aliphatic rings. The number of nitrogens with one attached hydrogen (secondary N) is 2. The van der Waals surface area contributed by atoms with Gasteiger partial charge in [-0.25, -0.2) is 13.1 Å². The second-order valence-corrected chi connectivity index (χ2v) is 8.54. The number of nitrogens with zero attached hydrogens (tertiary/aromatic N) is 2. The Balaban J connectivity index is 0.00000420. The number of ether oxygens (including phenoxy) is 2. The molecule has 1 saturated heterocycles. The van der Waals surface area contributed by atoms with E-state index in [0.29, 0.717) is 12.6 Å². The molecule has 1 aliphatic heterocycles. The van der Waals surface area contributed by atoms with Gasteiger partial charge in [0.15, 0.2) is 5.96 Å². The van der Waals surface area contributed by atoms with Crippen LogP contribution in [-0.2, 0) is 26.0 Å². The van der Waals surface area contributed by atoms with Gasteiger partial charge in [-0.3, -0.25) is 4.99 Å². The molecule has 1 heterocycles. The van der Waals surface area contributed by atoms with Crippen LogP contribution in [0.25, 0.3) is 0 Å². The summed E-state index contributed by atoms with van der Waals surface area (Å²) in [5.74, 6) is 0.852. The molecular formula is C19H33IN4O4S. The number of halogens is 1. The summed E-state index contributed by atoms with van der Waals surface area (Å²) in [7, 11) is 1.48. The van der Waals surface area contributed by atoms with Crippen molar-refractivity contribution in [1.82, 2.24) is 14.9 Å². The highest BCUT2D eigenvalue weighted by atomic mass is 127. The minimum atomic E-state index is -3.40. The Morgan fingerprint density at radius 1 is 1.21 bits per heavy atom. The smallest absolute Gasteiger partial charge is 0.240 e. The summed E-state index contributed by atoms with van der Waals surface area (Å²) >= 11 is 0. The molecule has 0 amide bonds. The van der Waals surface area contributed by atoms with Crippen LogP contribution in [0.3, 0.4) is 0 Å². The number of rotatable bonds is 9. The predicted octanol–water partition coefficient (Wildman–Crippen LogP) is 1.81. The van der Waals surface area contributed by atoms with Gasteiger partial charge in [0.2, 0.25) is 10.0 Å². The first-order valence-electron chi connectivity index (χ1n) is 9.58. The lowest BCUT2D eigenvalue weighted by molar-refractivity contribution is 0.00989. The van der Waals surface area contributed by atoms with Gasteiger partial charge in [0.25, 0.3) is 0 Å². The van der Waals surface area contributed by atoms with E-state index in [2.05, 4.69) is 19.9 Å². The Kier molecular flexibility index (Phi) is 12.0. The summed E-state index contributed by atoms with van der Waals surface area (Å²) in [6.07, 6.45) is 3.18.